The van der Waals surface area contributed by atoms with E-state index in [1.54, 1.807) is 13.0 Å². The molecule has 4 amide bonds. The summed E-state index contributed by atoms with van der Waals surface area (Å²) < 4.78 is 92.3. The van der Waals surface area contributed by atoms with E-state index in [0.717, 1.165) is 50.0 Å². The van der Waals surface area contributed by atoms with Gasteiger partial charge in [-0.2, -0.15) is 26.3 Å². The molecule has 308 valence electrons. The highest BCUT2D eigenvalue weighted by Gasteiger charge is 2.73. The van der Waals surface area contributed by atoms with Crippen LogP contribution >= 0.6 is 0 Å². The Morgan fingerprint density at radius 1 is 0.508 bits per heavy atom. The van der Waals surface area contributed by atoms with Crippen LogP contribution in [0.4, 0.5) is 43.4 Å². The maximum atomic E-state index is 15.4. The Morgan fingerprint density at radius 3 is 1.44 bits per heavy atom. The molecule has 4 aliphatic heterocycles. The van der Waals surface area contributed by atoms with Crippen molar-refractivity contribution >= 4 is 40.7 Å². The third-order valence-corrected chi connectivity index (χ3v) is 12.1. The first-order valence-corrected chi connectivity index (χ1v) is 19.2. The number of carbonyl (C=O) groups is 4. The van der Waals surface area contributed by atoms with Crippen molar-refractivity contribution in [2.24, 2.45) is 0 Å². The van der Waals surface area contributed by atoms with E-state index < -0.39 is 69.2 Å². The van der Waals surface area contributed by atoms with Gasteiger partial charge in [-0.15, -0.1) is 0 Å². The molecule has 0 atom stereocenters. The fraction of sp³-hybridized carbons (Fsp3) is 0.378. The second-order valence-corrected chi connectivity index (χ2v) is 18.0. The van der Waals surface area contributed by atoms with Crippen LogP contribution < -0.4 is 14.7 Å². The third kappa shape index (κ3) is 5.79. The van der Waals surface area contributed by atoms with E-state index >= 15 is 26.3 Å². The van der Waals surface area contributed by atoms with Crippen molar-refractivity contribution in [2.75, 3.05) is 27.8 Å². The van der Waals surface area contributed by atoms with Crippen molar-refractivity contribution in [1.82, 2.24) is 4.90 Å². The van der Waals surface area contributed by atoms with Crippen molar-refractivity contribution in [2.45, 2.75) is 97.2 Å². The maximum absolute atomic E-state index is 15.4. The maximum Gasteiger partial charge on any atom is 0.411 e. The predicted molar refractivity (Wildman–Crippen MR) is 210 cm³/mol. The van der Waals surface area contributed by atoms with Crippen LogP contribution in [0.3, 0.4) is 0 Å². The number of halogens is 6. The molecule has 0 saturated carbocycles. The fourth-order valence-corrected chi connectivity index (χ4v) is 9.37. The number of hydrogen-bond acceptors (Lipinski definition) is 6. The molecule has 4 aliphatic rings. The predicted octanol–water partition coefficient (Wildman–Crippen LogP) is 9.55. The topological polar surface area (TPSA) is 81.2 Å². The average Bonchev–Trinajstić information content (AvgIpc) is 3.32. The second-order valence-electron chi connectivity index (χ2n) is 18.0. The highest BCUT2D eigenvalue weighted by atomic mass is 19.4. The molecule has 2 bridgehead atoms. The van der Waals surface area contributed by atoms with Gasteiger partial charge in [-0.1, -0.05) is 45.0 Å². The molecule has 0 fully saturated rings. The number of fused-ring (bicyclic) bond motifs is 9. The monoisotopic (exact) mass is 816 g/mol. The van der Waals surface area contributed by atoms with Gasteiger partial charge >= 0.3 is 12.4 Å². The van der Waals surface area contributed by atoms with Crippen molar-refractivity contribution in [3.05, 3.63) is 122 Å². The SMILES string of the molecule is Cc1cc2c(cc1N1C(=O)c3ccc(C(c4ccc5c(c4)C(=O)N(C(C)(C)C)C5=O)(C(F)(F)F)C(F)(F)F)cc3C1=O)N1CCN(C2)c2cc(C(C)(C)C)c(C)cc2C1. The Hall–Kier alpha value is -5.66. The molecule has 4 aromatic carbocycles. The Kier molecular flexibility index (Phi) is 8.62. The molecule has 0 saturated heterocycles. The van der Waals surface area contributed by atoms with Crippen LogP contribution in [0.1, 0.15) is 122 Å². The van der Waals surface area contributed by atoms with Gasteiger partial charge in [0.2, 0.25) is 5.41 Å². The first kappa shape index (κ1) is 40.1. The number of rotatable bonds is 3. The van der Waals surface area contributed by atoms with Gasteiger partial charge in [-0.3, -0.25) is 24.1 Å². The zero-order valence-corrected chi connectivity index (χ0v) is 33.8. The quantitative estimate of drug-likeness (QED) is 0.152. The van der Waals surface area contributed by atoms with Crippen molar-refractivity contribution in [3.8, 4) is 0 Å². The summed E-state index contributed by atoms with van der Waals surface area (Å²) in [6.45, 7) is 17.2. The van der Waals surface area contributed by atoms with Gasteiger partial charge in [0.15, 0.2) is 0 Å². The summed E-state index contributed by atoms with van der Waals surface area (Å²) in [5.41, 5.74) is -3.62. The van der Waals surface area contributed by atoms with Gasteiger partial charge < -0.3 is 9.80 Å². The molecule has 0 unspecified atom stereocenters. The first-order chi connectivity index (χ1) is 27.3. The minimum Gasteiger partial charge on any atom is -0.365 e. The summed E-state index contributed by atoms with van der Waals surface area (Å²) >= 11 is 0. The van der Waals surface area contributed by atoms with Crippen LogP contribution in [-0.4, -0.2) is 59.5 Å². The summed E-state index contributed by atoms with van der Waals surface area (Å²) in [4.78, 5) is 60.7. The van der Waals surface area contributed by atoms with Gasteiger partial charge in [0.05, 0.1) is 27.9 Å². The average molecular weight is 817 g/mol. The van der Waals surface area contributed by atoms with E-state index in [2.05, 4.69) is 49.6 Å². The number of benzene rings is 4. The molecule has 14 heteroatoms. The Balaban J connectivity index is 1.20. The van der Waals surface area contributed by atoms with E-state index in [4.69, 9.17) is 0 Å². The number of carbonyl (C=O) groups excluding carboxylic acids is 4. The molecule has 0 radical (unpaired) electrons. The van der Waals surface area contributed by atoms with E-state index in [1.807, 2.05) is 6.07 Å². The Morgan fingerprint density at radius 2 is 0.949 bits per heavy atom. The number of hydrogen-bond donors (Lipinski definition) is 0. The lowest BCUT2D eigenvalue weighted by Crippen LogP contribution is -2.55. The van der Waals surface area contributed by atoms with Gasteiger partial charge in [0, 0.05) is 43.1 Å². The highest BCUT2D eigenvalue weighted by Crippen LogP contribution is 2.57. The molecule has 0 aromatic heterocycles. The molecule has 0 N–H and O–H groups in total. The minimum absolute atomic E-state index is 0.0728. The van der Waals surface area contributed by atoms with Crippen LogP contribution in [0, 0.1) is 13.8 Å². The summed E-state index contributed by atoms with van der Waals surface area (Å²) in [6.07, 6.45) is -12.1. The second kappa shape index (κ2) is 12.7. The van der Waals surface area contributed by atoms with E-state index in [9.17, 15) is 19.2 Å². The van der Waals surface area contributed by atoms with Crippen LogP contribution in [0.2, 0.25) is 0 Å². The van der Waals surface area contributed by atoms with Crippen molar-refractivity contribution < 1.29 is 45.5 Å². The van der Waals surface area contributed by atoms with E-state index in [0.29, 0.717) is 56.0 Å². The van der Waals surface area contributed by atoms with E-state index in [-0.39, 0.29) is 22.2 Å². The number of alkyl halides is 6. The lowest BCUT2D eigenvalue weighted by molar-refractivity contribution is -0.288. The van der Waals surface area contributed by atoms with Crippen molar-refractivity contribution in [1.29, 1.82) is 0 Å². The Bertz CT molecular complexity index is 2530. The fourth-order valence-electron chi connectivity index (χ4n) is 9.37. The van der Waals surface area contributed by atoms with Gasteiger partial charge in [-0.25, -0.2) is 4.90 Å². The lowest BCUT2D eigenvalue weighted by Gasteiger charge is -2.38. The number of anilines is 3. The highest BCUT2D eigenvalue weighted by molar-refractivity contribution is 6.35. The molecule has 4 aromatic rings. The van der Waals surface area contributed by atoms with Crippen LogP contribution in [0.25, 0.3) is 0 Å². The molecular formula is C45H42F6N4O4. The zero-order valence-electron chi connectivity index (χ0n) is 33.8. The molecule has 8 nitrogen and oxygen atoms in total. The van der Waals surface area contributed by atoms with Gasteiger partial charge in [0.25, 0.3) is 23.6 Å². The third-order valence-electron chi connectivity index (χ3n) is 12.1. The van der Waals surface area contributed by atoms with Gasteiger partial charge in [-0.05, 0) is 115 Å². The van der Waals surface area contributed by atoms with E-state index in [1.165, 1.54) is 26.3 Å². The standard InChI is InChI=1S/C45H42F6N4O4/c1-23-15-25-21-53-14-13-52(35(25)19-33(23)41(3,4)5)22-26-16-24(2)34(20-36(26)53)54-37(56)29-11-9-27(17-31(29)38(54)57)43(44(46,47)48,45(49,50)51)28-10-12-30-32(18-28)40(59)55(39(30)58)42(6,7)8/h9-12,15-20H,13-14,21-22H2,1-8H3. The van der Waals surface area contributed by atoms with Crippen LogP contribution in [0.15, 0.2) is 60.7 Å². The number of amides is 4. The molecule has 0 spiro atoms. The number of aryl methyl sites for hydroxylation is 2. The molecular weight excluding hydrogens is 775 g/mol. The molecule has 8 rings (SSSR count). The molecule has 0 aliphatic carbocycles. The molecule has 59 heavy (non-hydrogen) atoms. The normalized spacial score (nSPS) is 17.1. The first-order valence-electron chi connectivity index (χ1n) is 19.2. The summed E-state index contributed by atoms with van der Waals surface area (Å²) in [5.74, 6) is -3.85. The smallest absolute Gasteiger partial charge is 0.365 e. The van der Waals surface area contributed by atoms with Crippen LogP contribution in [0.5, 0.6) is 0 Å². The van der Waals surface area contributed by atoms with Crippen molar-refractivity contribution in [3.63, 3.8) is 0 Å². The number of imide groups is 2. The molecule has 4 heterocycles. The minimum atomic E-state index is -6.07. The lowest BCUT2D eigenvalue weighted by atomic mass is 9.71. The van der Waals surface area contributed by atoms with Crippen LogP contribution in [-0.2, 0) is 23.9 Å². The summed E-state index contributed by atoms with van der Waals surface area (Å²) in [5, 5.41) is 0. The largest absolute Gasteiger partial charge is 0.411 e. The summed E-state index contributed by atoms with van der Waals surface area (Å²) in [7, 11) is 0. The number of nitrogens with zero attached hydrogens (tertiary/aromatic N) is 4. The van der Waals surface area contributed by atoms with Gasteiger partial charge in [0.1, 0.15) is 0 Å². The summed E-state index contributed by atoms with van der Waals surface area (Å²) in [6, 6.07) is 11.6. The Labute approximate surface area is 337 Å². The zero-order chi connectivity index (χ0) is 43.1.